The molecule has 0 bridgehead atoms. The molecule has 4 aromatic rings. The lowest BCUT2D eigenvalue weighted by Crippen LogP contribution is -2.29. The lowest BCUT2D eigenvalue weighted by atomic mass is 10.0. The van der Waals surface area contributed by atoms with Crippen LogP contribution in [0.4, 0.5) is 0 Å². The molecule has 2 aromatic carbocycles. The molecule has 0 amide bonds. The molecule has 0 saturated heterocycles. The van der Waals surface area contributed by atoms with E-state index in [2.05, 4.69) is 20.9 Å². The highest BCUT2D eigenvalue weighted by molar-refractivity contribution is 9.10. The molecule has 0 saturated carbocycles. The maximum absolute atomic E-state index is 13.1. The second-order valence-corrected chi connectivity index (χ2v) is 6.89. The molecule has 0 spiro atoms. The van der Waals surface area contributed by atoms with Crippen molar-refractivity contribution in [2.75, 3.05) is 0 Å². The number of rotatable bonds is 4. The molecule has 2 aromatic heterocycles. The highest BCUT2D eigenvalue weighted by Crippen LogP contribution is 2.33. The number of fused-ring (bicyclic) bond motifs is 1. The molecule has 0 atom stereocenters. The van der Waals surface area contributed by atoms with E-state index in [1.54, 1.807) is 24.4 Å². The third-order valence-electron chi connectivity index (χ3n) is 4.18. The third kappa shape index (κ3) is 3.31. The summed E-state index contributed by atoms with van der Waals surface area (Å²) in [4.78, 5) is 23.2. The summed E-state index contributed by atoms with van der Waals surface area (Å²) in [6.07, 6.45) is 1.56. The first-order valence-corrected chi connectivity index (χ1v) is 9.10. The average molecular weight is 423 g/mol. The first-order chi connectivity index (χ1) is 13.1. The smallest absolute Gasteiger partial charge is 0.296 e. The van der Waals surface area contributed by atoms with Gasteiger partial charge in [0.2, 0.25) is 0 Å². The minimum atomic E-state index is -0.461. The van der Waals surface area contributed by atoms with Crippen molar-refractivity contribution in [3.05, 3.63) is 93.3 Å². The summed E-state index contributed by atoms with van der Waals surface area (Å²) in [6.45, 7) is 0.201. The van der Waals surface area contributed by atoms with E-state index in [-0.39, 0.29) is 23.6 Å². The lowest BCUT2D eigenvalue weighted by molar-refractivity contribution is 0.0980. The number of pyridine rings is 2. The van der Waals surface area contributed by atoms with Gasteiger partial charge in [0.1, 0.15) is 12.4 Å². The Morgan fingerprint density at radius 3 is 2.41 bits per heavy atom. The maximum atomic E-state index is 13.1. The molecule has 5 nitrogen and oxygen atoms in total. The van der Waals surface area contributed by atoms with Crippen molar-refractivity contribution < 1.29 is 9.94 Å². The van der Waals surface area contributed by atoms with Crippen LogP contribution in [0.3, 0.4) is 0 Å². The number of nitrogens with zero attached hydrogens (tertiary/aromatic N) is 2. The molecule has 0 fully saturated rings. The minimum Gasteiger partial charge on any atom is -0.506 e. The molecule has 0 aliphatic heterocycles. The maximum Gasteiger partial charge on any atom is 0.296 e. The van der Waals surface area contributed by atoms with Crippen LogP contribution in [0.5, 0.6) is 5.75 Å². The van der Waals surface area contributed by atoms with Crippen molar-refractivity contribution in [1.29, 1.82) is 0 Å². The van der Waals surface area contributed by atoms with Gasteiger partial charge in [-0.3, -0.25) is 4.79 Å². The predicted molar refractivity (Wildman–Crippen MR) is 108 cm³/mol. The molecule has 2 heterocycles. The largest absolute Gasteiger partial charge is 0.506 e. The van der Waals surface area contributed by atoms with Gasteiger partial charge in [-0.15, -0.1) is 4.73 Å². The third-order valence-corrected chi connectivity index (χ3v) is 4.62. The first kappa shape index (κ1) is 17.3. The number of halogens is 1. The van der Waals surface area contributed by atoms with Crippen molar-refractivity contribution in [1.82, 2.24) is 9.71 Å². The van der Waals surface area contributed by atoms with Gasteiger partial charge in [-0.05, 0) is 33.1 Å². The number of benzene rings is 2. The van der Waals surface area contributed by atoms with Crippen LogP contribution in [0.25, 0.3) is 22.2 Å². The van der Waals surface area contributed by atoms with Crippen LogP contribution in [0, 0.1) is 0 Å². The molecular formula is C21H15BrN2O3. The summed E-state index contributed by atoms with van der Waals surface area (Å²) < 4.78 is 1.84. The average Bonchev–Trinajstić information content (AvgIpc) is 2.70. The van der Waals surface area contributed by atoms with Crippen LogP contribution in [0.15, 0.2) is 82.2 Å². The van der Waals surface area contributed by atoms with E-state index in [1.165, 1.54) is 0 Å². The van der Waals surface area contributed by atoms with Gasteiger partial charge in [-0.1, -0.05) is 60.7 Å². The lowest BCUT2D eigenvalue weighted by Gasteiger charge is -2.15. The van der Waals surface area contributed by atoms with Gasteiger partial charge in [0, 0.05) is 10.7 Å². The highest BCUT2D eigenvalue weighted by atomic mass is 79.9. The molecule has 0 unspecified atom stereocenters. The summed E-state index contributed by atoms with van der Waals surface area (Å²) in [5.41, 5.74) is 1.51. The highest BCUT2D eigenvalue weighted by Gasteiger charge is 2.20. The van der Waals surface area contributed by atoms with Gasteiger partial charge in [0.25, 0.3) is 5.56 Å². The number of hydrogen-bond acceptors (Lipinski definition) is 4. The Hall–Kier alpha value is -3.12. The van der Waals surface area contributed by atoms with Crippen LogP contribution in [-0.2, 0) is 6.61 Å². The molecule has 4 rings (SSSR count). The predicted octanol–water partition coefficient (Wildman–Crippen LogP) is 4.16. The van der Waals surface area contributed by atoms with Gasteiger partial charge in [-0.25, -0.2) is 4.98 Å². The Bertz CT molecular complexity index is 1160. The van der Waals surface area contributed by atoms with Crippen molar-refractivity contribution in [2.45, 2.75) is 6.61 Å². The molecule has 0 radical (unpaired) electrons. The van der Waals surface area contributed by atoms with Gasteiger partial charge >= 0.3 is 0 Å². The SMILES string of the molecule is O=c1c(-c2ccccc2)c(O)c2cc(Br)cnc2n1OCc1ccccc1. The van der Waals surface area contributed by atoms with E-state index in [0.717, 1.165) is 10.3 Å². The molecule has 134 valence electrons. The van der Waals surface area contributed by atoms with Crippen molar-refractivity contribution in [2.24, 2.45) is 0 Å². The van der Waals surface area contributed by atoms with Crippen molar-refractivity contribution >= 4 is 27.0 Å². The second-order valence-electron chi connectivity index (χ2n) is 5.97. The van der Waals surface area contributed by atoms with E-state index >= 15 is 0 Å². The van der Waals surface area contributed by atoms with E-state index in [4.69, 9.17) is 4.84 Å². The second kappa shape index (κ2) is 7.25. The fraction of sp³-hybridized carbons (Fsp3) is 0.0476. The summed E-state index contributed by atoms with van der Waals surface area (Å²) >= 11 is 3.36. The normalized spacial score (nSPS) is 10.9. The number of hydrogen-bond donors (Lipinski definition) is 1. The summed E-state index contributed by atoms with van der Waals surface area (Å²) in [6, 6.07) is 20.3. The van der Waals surface area contributed by atoms with Crippen LogP contribution >= 0.6 is 15.9 Å². The Balaban J connectivity index is 1.92. The zero-order chi connectivity index (χ0) is 18.8. The summed E-state index contributed by atoms with van der Waals surface area (Å²) in [7, 11) is 0. The minimum absolute atomic E-state index is 0.116. The summed E-state index contributed by atoms with van der Waals surface area (Å²) in [5, 5.41) is 11.2. The van der Waals surface area contributed by atoms with Gasteiger partial charge in [0.05, 0.1) is 10.9 Å². The topological polar surface area (TPSA) is 64.3 Å². The first-order valence-electron chi connectivity index (χ1n) is 8.31. The van der Waals surface area contributed by atoms with Crippen LogP contribution in [-0.4, -0.2) is 14.8 Å². The fourth-order valence-corrected chi connectivity index (χ4v) is 3.23. The van der Waals surface area contributed by atoms with E-state index in [1.807, 2.05) is 48.5 Å². The Morgan fingerprint density at radius 2 is 1.70 bits per heavy atom. The molecule has 27 heavy (non-hydrogen) atoms. The molecule has 0 aliphatic rings. The van der Waals surface area contributed by atoms with Crippen molar-refractivity contribution in [3.63, 3.8) is 0 Å². The van der Waals surface area contributed by atoms with Gasteiger partial charge in [-0.2, -0.15) is 0 Å². The van der Waals surface area contributed by atoms with Gasteiger partial charge in [0.15, 0.2) is 5.65 Å². The molecule has 0 aliphatic carbocycles. The zero-order valence-corrected chi connectivity index (χ0v) is 15.8. The van der Waals surface area contributed by atoms with Gasteiger partial charge < -0.3 is 9.94 Å². The molecule has 1 N–H and O–H groups in total. The van der Waals surface area contributed by atoms with E-state index in [0.29, 0.717) is 15.4 Å². The molecular weight excluding hydrogens is 408 g/mol. The summed E-state index contributed by atoms with van der Waals surface area (Å²) in [5.74, 6) is -0.116. The Kier molecular flexibility index (Phi) is 4.64. The quantitative estimate of drug-likeness (QED) is 0.536. The van der Waals surface area contributed by atoms with Crippen LogP contribution in [0.1, 0.15) is 5.56 Å². The fourth-order valence-electron chi connectivity index (χ4n) is 2.90. The van der Waals surface area contributed by atoms with Crippen molar-refractivity contribution in [3.8, 4) is 16.9 Å². The van der Waals surface area contributed by atoms with Crippen LogP contribution < -0.4 is 10.4 Å². The Morgan fingerprint density at radius 1 is 1.04 bits per heavy atom. The van der Waals surface area contributed by atoms with E-state index < -0.39 is 5.56 Å². The Labute approximate surface area is 163 Å². The standard InChI is InChI=1S/C21H15BrN2O3/c22-16-11-17-19(25)18(15-9-5-2-6-10-15)21(26)24(20(17)23-12-16)27-13-14-7-3-1-4-8-14/h1-12,25H,13H2. The van der Waals surface area contributed by atoms with Crippen LogP contribution in [0.2, 0.25) is 0 Å². The number of aromatic hydroxyl groups is 1. The van der Waals surface area contributed by atoms with E-state index in [9.17, 15) is 9.90 Å². The number of aromatic nitrogens is 2. The zero-order valence-electron chi connectivity index (χ0n) is 14.2. The monoisotopic (exact) mass is 422 g/mol. The molecule has 6 heteroatoms.